The van der Waals surface area contributed by atoms with E-state index in [2.05, 4.69) is 60.8 Å². The summed E-state index contributed by atoms with van der Waals surface area (Å²) in [5.74, 6) is 0.252. The molecule has 1 aliphatic rings. The number of benzene rings is 1. The van der Waals surface area contributed by atoms with Gasteiger partial charge < -0.3 is 10.1 Å². The maximum atomic E-state index is 11.2. The molecular weight excluding hydrogens is 270 g/mol. The molecule has 0 spiro atoms. The van der Waals surface area contributed by atoms with Crippen molar-refractivity contribution >= 4 is 11.4 Å². The largest absolute Gasteiger partial charge is 0.323 e. The van der Waals surface area contributed by atoms with Gasteiger partial charge in [0.05, 0.1) is 0 Å². The fourth-order valence-electron chi connectivity index (χ4n) is 2.36. The van der Waals surface area contributed by atoms with Crippen LogP contribution >= 0.6 is 0 Å². The molecule has 0 radical (unpaired) electrons. The molecule has 0 fully saturated rings. The quantitative estimate of drug-likeness (QED) is 0.888. The Labute approximate surface area is 134 Å². The highest BCUT2D eigenvalue weighted by Crippen LogP contribution is 2.30. The summed E-state index contributed by atoms with van der Waals surface area (Å²) < 4.78 is 0. The molecule has 0 saturated carbocycles. The average Bonchev–Trinajstić information content (AvgIpc) is 2.72. The zero-order valence-corrected chi connectivity index (χ0v) is 14.1. The molecule has 0 amide bonds. The van der Waals surface area contributed by atoms with Crippen LogP contribution in [-0.2, 0) is 4.79 Å². The Balaban J connectivity index is 0.000000745. The van der Waals surface area contributed by atoms with Crippen LogP contribution < -0.4 is 5.32 Å². The highest BCUT2D eigenvalue weighted by atomic mass is 16.1. The van der Waals surface area contributed by atoms with Crippen LogP contribution in [0.5, 0.6) is 0 Å². The number of Topliss-reactive ketones (excluding diaryl/α,β-unsaturated/α-hetero) is 1. The maximum Gasteiger partial charge on any atom is 0.130 e. The molecule has 0 saturated heterocycles. The number of carbonyl (C=O) groups excluding carboxylic acids is 1. The summed E-state index contributed by atoms with van der Waals surface area (Å²) in [7, 11) is 3.75. The van der Waals surface area contributed by atoms with Gasteiger partial charge in [0.2, 0.25) is 0 Å². The SMILES string of the molecule is CC(=O)CCC1=CCC=CC=C1c1ccccc1C.CNC. The molecule has 2 rings (SSSR count). The number of nitrogens with one attached hydrogen (secondary N) is 1. The summed E-state index contributed by atoms with van der Waals surface area (Å²) in [5, 5.41) is 2.75. The Morgan fingerprint density at radius 3 is 2.55 bits per heavy atom. The van der Waals surface area contributed by atoms with Gasteiger partial charge in [-0.15, -0.1) is 0 Å². The van der Waals surface area contributed by atoms with E-state index in [9.17, 15) is 4.79 Å². The standard InChI is InChI=1S/C18H20O.C2H7N/c1-14-8-6-7-10-17(14)18-11-5-3-4-9-16(18)13-12-15(2)19;1-3-2/h3,5-11H,4,12-13H2,1-2H3;3H,1-2H3. The fourth-order valence-corrected chi connectivity index (χ4v) is 2.36. The Kier molecular flexibility index (Phi) is 8.16. The summed E-state index contributed by atoms with van der Waals surface area (Å²) in [6.07, 6.45) is 11.1. The zero-order chi connectivity index (χ0) is 16.4. The van der Waals surface area contributed by atoms with Crippen molar-refractivity contribution in [1.29, 1.82) is 0 Å². The number of carbonyl (C=O) groups is 1. The van der Waals surface area contributed by atoms with Gasteiger partial charge in [0, 0.05) is 6.42 Å². The van der Waals surface area contributed by atoms with E-state index in [1.165, 1.54) is 22.3 Å². The molecule has 1 N–H and O–H groups in total. The third-order valence-electron chi connectivity index (χ3n) is 3.43. The van der Waals surface area contributed by atoms with E-state index in [0.717, 1.165) is 12.8 Å². The van der Waals surface area contributed by atoms with Crippen molar-refractivity contribution in [3.63, 3.8) is 0 Å². The van der Waals surface area contributed by atoms with Crippen molar-refractivity contribution in [2.75, 3.05) is 14.1 Å². The second-order valence-electron chi connectivity index (χ2n) is 5.49. The second kappa shape index (κ2) is 9.91. The van der Waals surface area contributed by atoms with Crippen LogP contribution in [0.25, 0.3) is 5.57 Å². The van der Waals surface area contributed by atoms with Crippen molar-refractivity contribution in [2.45, 2.75) is 33.1 Å². The Bertz CT molecular complexity index is 579. The summed E-state index contributed by atoms with van der Waals surface area (Å²) in [6.45, 7) is 3.79. The summed E-state index contributed by atoms with van der Waals surface area (Å²) >= 11 is 0. The minimum atomic E-state index is 0.252. The number of aryl methyl sites for hydroxylation is 1. The van der Waals surface area contributed by atoms with Gasteiger partial charge in [0.1, 0.15) is 5.78 Å². The number of hydrogen-bond donors (Lipinski definition) is 1. The van der Waals surface area contributed by atoms with Crippen LogP contribution in [0.2, 0.25) is 0 Å². The topological polar surface area (TPSA) is 29.1 Å². The molecule has 22 heavy (non-hydrogen) atoms. The molecule has 1 aromatic rings. The first-order chi connectivity index (χ1) is 10.6. The second-order valence-corrected chi connectivity index (χ2v) is 5.49. The van der Waals surface area contributed by atoms with E-state index in [0.29, 0.717) is 6.42 Å². The van der Waals surface area contributed by atoms with Gasteiger partial charge in [-0.2, -0.15) is 0 Å². The number of rotatable bonds is 4. The molecule has 2 nitrogen and oxygen atoms in total. The lowest BCUT2D eigenvalue weighted by Crippen LogP contribution is -1.97. The Morgan fingerprint density at radius 2 is 1.91 bits per heavy atom. The molecule has 2 heteroatoms. The van der Waals surface area contributed by atoms with Gasteiger partial charge in [-0.1, -0.05) is 48.6 Å². The van der Waals surface area contributed by atoms with E-state index in [4.69, 9.17) is 0 Å². The molecule has 118 valence electrons. The van der Waals surface area contributed by atoms with Crippen molar-refractivity contribution in [2.24, 2.45) is 0 Å². The first-order valence-electron chi connectivity index (χ1n) is 7.80. The lowest BCUT2D eigenvalue weighted by Gasteiger charge is -2.13. The fraction of sp³-hybridized carbons (Fsp3) is 0.350. The molecule has 0 atom stereocenters. The molecule has 0 aliphatic heterocycles. The number of allylic oxidation sites excluding steroid dienone is 6. The maximum absolute atomic E-state index is 11.2. The van der Waals surface area contributed by atoms with E-state index in [1.54, 1.807) is 6.92 Å². The average molecular weight is 297 g/mol. The molecule has 1 aromatic carbocycles. The van der Waals surface area contributed by atoms with Gasteiger partial charge in [-0.25, -0.2) is 0 Å². The van der Waals surface area contributed by atoms with Crippen molar-refractivity contribution in [1.82, 2.24) is 5.32 Å². The highest BCUT2D eigenvalue weighted by Gasteiger charge is 2.11. The van der Waals surface area contributed by atoms with Crippen molar-refractivity contribution in [3.05, 3.63) is 65.3 Å². The summed E-state index contributed by atoms with van der Waals surface area (Å²) in [6, 6.07) is 8.42. The zero-order valence-electron chi connectivity index (χ0n) is 14.1. The Morgan fingerprint density at radius 1 is 1.23 bits per heavy atom. The lowest BCUT2D eigenvalue weighted by molar-refractivity contribution is -0.116. The van der Waals surface area contributed by atoms with Gasteiger partial charge in [0.15, 0.2) is 0 Å². The predicted molar refractivity (Wildman–Crippen MR) is 95.9 cm³/mol. The normalized spacial score (nSPS) is 13.5. The third kappa shape index (κ3) is 5.82. The van der Waals surface area contributed by atoms with Crippen LogP contribution in [0.1, 0.15) is 37.3 Å². The molecule has 0 heterocycles. The summed E-state index contributed by atoms with van der Waals surface area (Å²) in [4.78, 5) is 11.2. The number of ketones is 1. The summed E-state index contributed by atoms with van der Waals surface area (Å²) in [5.41, 5.74) is 5.09. The predicted octanol–water partition coefficient (Wildman–Crippen LogP) is 4.47. The smallest absolute Gasteiger partial charge is 0.130 e. The first-order valence-corrected chi connectivity index (χ1v) is 7.80. The molecule has 0 unspecified atom stereocenters. The van der Waals surface area contributed by atoms with Crippen LogP contribution in [0.4, 0.5) is 0 Å². The van der Waals surface area contributed by atoms with Gasteiger partial charge in [0.25, 0.3) is 0 Å². The molecular formula is C20H27NO. The minimum absolute atomic E-state index is 0.252. The van der Waals surface area contributed by atoms with E-state index < -0.39 is 0 Å². The van der Waals surface area contributed by atoms with Crippen LogP contribution in [-0.4, -0.2) is 19.9 Å². The van der Waals surface area contributed by atoms with Gasteiger partial charge in [-0.05, 0) is 63.1 Å². The molecule has 0 bridgehead atoms. The Hall–Kier alpha value is -1.93. The lowest BCUT2D eigenvalue weighted by atomic mass is 9.91. The number of hydrogen-bond acceptors (Lipinski definition) is 2. The van der Waals surface area contributed by atoms with Crippen LogP contribution in [0, 0.1) is 6.92 Å². The van der Waals surface area contributed by atoms with E-state index >= 15 is 0 Å². The van der Waals surface area contributed by atoms with Crippen molar-refractivity contribution < 1.29 is 4.79 Å². The van der Waals surface area contributed by atoms with Crippen molar-refractivity contribution in [3.8, 4) is 0 Å². The minimum Gasteiger partial charge on any atom is -0.323 e. The highest BCUT2D eigenvalue weighted by molar-refractivity contribution is 5.83. The van der Waals surface area contributed by atoms with Gasteiger partial charge >= 0.3 is 0 Å². The molecule has 1 aliphatic carbocycles. The third-order valence-corrected chi connectivity index (χ3v) is 3.43. The van der Waals surface area contributed by atoms with Gasteiger partial charge in [-0.3, -0.25) is 0 Å². The molecule has 0 aromatic heterocycles. The monoisotopic (exact) mass is 297 g/mol. The van der Waals surface area contributed by atoms with E-state index in [-0.39, 0.29) is 5.78 Å². The van der Waals surface area contributed by atoms with E-state index in [1.807, 2.05) is 14.1 Å². The first kappa shape index (κ1) is 18.1. The van der Waals surface area contributed by atoms with Crippen LogP contribution in [0.15, 0.2) is 54.1 Å². The van der Waals surface area contributed by atoms with Crippen LogP contribution in [0.3, 0.4) is 0 Å².